The molecule has 1 aromatic heterocycles. The number of nitrogens with zero attached hydrogens (tertiary/aromatic N) is 3. The zero-order valence-electron chi connectivity index (χ0n) is 17.0. The van der Waals surface area contributed by atoms with E-state index in [0.29, 0.717) is 17.3 Å². The summed E-state index contributed by atoms with van der Waals surface area (Å²) in [5, 5.41) is 14.1. The summed E-state index contributed by atoms with van der Waals surface area (Å²) < 4.78 is 7.48. The first-order valence-corrected chi connectivity index (χ1v) is 11.4. The highest BCUT2D eigenvalue weighted by Gasteiger charge is 2.24. The van der Waals surface area contributed by atoms with Crippen LogP contribution in [0.25, 0.3) is 0 Å². The molecule has 1 atom stereocenters. The van der Waals surface area contributed by atoms with Crippen LogP contribution >= 0.6 is 11.8 Å². The molecular formula is C21H24N4O5S. The number of benzene rings is 1. The minimum absolute atomic E-state index is 0.0354. The van der Waals surface area contributed by atoms with E-state index in [0.717, 1.165) is 56.4 Å². The van der Waals surface area contributed by atoms with E-state index in [1.54, 1.807) is 4.57 Å². The number of carbonyl (C=O) groups excluding carboxylic acids is 1. The van der Waals surface area contributed by atoms with Crippen molar-refractivity contribution in [1.82, 2.24) is 9.55 Å². The van der Waals surface area contributed by atoms with Crippen molar-refractivity contribution >= 4 is 29.0 Å². The van der Waals surface area contributed by atoms with Crippen LogP contribution in [0.2, 0.25) is 0 Å². The molecule has 0 bridgehead atoms. The third-order valence-electron chi connectivity index (χ3n) is 5.56. The molecule has 9 nitrogen and oxygen atoms in total. The lowest BCUT2D eigenvalue weighted by Crippen LogP contribution is -2.34. The maximum absolute atomic E-state index is 12.7. The van der Waals surface area contributed by atoms with Crippen molar-refractivity contribution in [2.24, 2.45) is 0 Å². The van der Waals surface area contributed by atoms with Crippen LogP contribution in [0.15, 0.2) is 34.1 Å². The number of nitro groups is 1. The Morgan fingerprint density at radius 3 is 2.74 bits per heavy atom. The van der Waals surface area contributed by atoms with Gasteiger partial charge in [-0.3, -0.25) is 19.5 Å². The first-order valence-electron chi connectivity index (χ1n) is 10.4. The van der Waals surface area contributed by atoms with Gasteiger partial charge >= 0.3 is 5.69 Å². The van der Waals surface area contributed by atoms with Crippen LogP contribution in [0.1, 0.15) is 36.9 Å². The van der Waals surface area contributed by atoms with Gasteiger partial charge in [-0.05, 0) is 50.7 Å². The van der Waals surface area contributed by atoms with Crippen molar-refractivity contribution in [2.75, 3.05) is 17.7 Å². The summed E-state index contributed by atoms with van der Waals surface area (Å²) in [6.45, 7) is 1.28. The maximum atomic E-state index is 12.7. The van der Waals surface area contributed by atoms with Gasteiger partial charge in [-0.2, -0.15) is 4.98 Å². The lowest BCUT2D eigenvalue weighted by atomic mass is 9.97. The zero-order chi connectivity index (χ0) is 21.8. The number of hydrogen-bond donors (Lipinski definition) is 1. The number of carbonyl (C=O) groups is 1. The highest BCUT2D eigenvalue weighted by Crippen LogP contribution is 2.29. The lowest BCUT2D eigenvalue weighted by molar-refractivity contribution is -0.384. The van der Waals surface area contributed by atoms with Gasteiger partial charge in [-0.15, -0.1) is 0 Å². The van der Waals surface area contributed by atoms with Crippen molar-refractivity contribution in [3.8, 4) is 0 Å². The highest BCUT2D eigenvalue weighted by molar-refractivity contribution is 8.00. The smallest absolute Gasteiger partial charge is 0.348 e. The molecule has 164 valence electrons. The van der Waals surface area contributed by atoms with Gasteiger partial charge in [-0.1, -0.05) is 11.8 Å². The zero-order valence-corrected chi connectivity index (χ0v) is 17.9. The van der Waals surface area contributed by atoms with E-state index in [2.05, 4.69) is 10.3 Å². The largest absolute Gasteiger partial charge is 0.376 e. The Bertz CT molecular complexity index is 1030. The molecule has 0 spiro atoms. The van der Waals surface area contributed by atoms with Crippen molar-refractivity contribution in [3.63, 3.8) is 0 Å². The number of non-ortho nitro benzene ring substituents is 1. The molecule has 1 amide bonds. The fourth-order valence-electron chi connectivity index (χ4n) is 4.04. The number of anilines is 1. The van der Waals surface area contributed by atoms with Crippen molar-refractivity contribution in [3.05, 3.63) is 56.1 Å². The van der Waals surface area contributed by atoms with E-state index < -0.39 is 4.92 Å². The van der Waals surface area contributed by atoms with E-state index in [1.807, 2.05) is 0 Å². The predicted molar refractivity (Wildman–Crippen MR) is 117 cm³/mol. The summed E-state index contributed by atoms with van der Waals surface area (Å²) in [5.74, 6) is -0.153. The number of rotatable bonds is 7. The number of nitro benzene ring substituents is 1. The van der Waals surface area contributed by atoms with Gasteiger partial charge in [0.25, 0.3) is 5.69 Å². The van der Waals surface area contributed by atoms with Gasteiger partial charge in [0, 0.05) is 35.7 Å². The Hall–Kier alpha value is -2.72. The second-order valence-electron chi connectivity index (χ2n) is 7.72. The molecule has 2 heterocycles. The molecule has 2 aliphatic rings. The fraction of sp³-hybridized carbons (Fsp3) is 0.476. The van der Waals surface area contributed by atoms with E-state index in [4.69, 9.17) is 4.74 Å². The van der Waals surface area contributed by atoms with Crippen LogP contribution in [0, 0.1) is 10.1 Å². The minimum atomic E-state index is -0.489. The number of amides is 1. The SMILES string of the molecule is O=C(CSc1nc(=O)n(CC2CCCO2)c2c1CCCC2)Nc1ccc([N+](=O)[O-])cc1. The van der Waals surface area contributed by atoms with E-state index in [-0.39, 0.29) is 29.1 Å². The second kappa shape index (κ2) is 9.61. The molecule has 1 aliphatic heterocycles. The summed E-state index contributed by atoms with van der Waals surface area (Å²) in [7, 11) is 0. The van der Waals surface area contributed by atoms with Crippen LogP contribution in [-0.4, -0.2) is 38.8 Å². The topological polar surface area (TPSA) is 116 Å². The summed E-state index contributed by atoms with van der Waals surface area (Å²) in [6, 6.07) is 5.67. The average molecular weight is 445 g/mol. The van der Waals surface area contributed by atoms with Gasteiger partial charge in [0.2, 0.25) is 5.91 Å². The molecule has 31 heavy (non-hydrogen) atoms. The number of fused-ring (bicyclic) bond motifs is 1. The maximum Gasteiger partial charge on any atom is 0.348 e. The van der Waals surface area contributed by atoms with Gasteiger partial charge in [0.15, 0.2) is 0 Å². The third kappa shape index (κ3) is 5.13. The van der Waals surface area contributed by atoms with Crippen LogP contribution < -0.4 is 11.0 Å². The van der Waals surface area contributed by atoms with Gasteiger partial charge < -0.3 is 10.1 Å². The Morgan fingerprint density at radius 2 is 2.03 bits per heavy atom. The molecule has 1 N–H and O–H groups in total. The van der Waals surface area contributed by atoms with Gasteiger partial charge in [0.05, 0.1) is 23.3 Å². The van der Waals surface area contributed by atoms with E-state index in [1.165, 1.54) is 36.0 Å². The second-order valence-corrected chi connectivity index (χ2v) is 8.68. The average Bonchev–Trinajstić information content (AvgIpc) is 3.28. The van der Waals surface area contributed by atoms with Gasteiger partial charge in [-0.25, -0.2) is 4.79 Å². The molecule has 1 aromatic carbocycles. The third-order valence-corrected chi connectivity index (χ3v) is 6.58. The molecule has 1 aliphatic carbocycles. The first kappa shape index (κ1) is 21.5. The fourth-order valence-corrected chi connectivity index (χ4v) is 4.92. The molecular weight excluding hydrogens is 420 g/mol. The Labute approximate surface area is 183 Å². The molecule has 1 saturated heterocycles. The molecule has 10 heteroatoms. The highest BCUT2D eigenvalue weighted by atomic mass is 32.2. The number of hydrogen-bond acceptors (Lipinski definition) is 7. The molecule has 4 rings (SSSR count). The normalized spacial score (nSPS) is 17.9. The number of ether oxygens (including phenoxy) is 1. The van der Waals surface area contributed by atoms with E-state index >= 15 is 0 Å². The van der Waals surface area contributed by atoms with Crippen molar-refractivity contribution < 1.29 is 14.5 Å². The molecule has 0 radical (unpaired) electrons. The molecule has 1 fully saturated rings. The van der Waals surface area contributed by atoms with Crippen molar-refractivity contribution in [2.45, 2.75) is 56.2 Å². The summed E-state index contributed by atoms with van der Waals surface area (Å²) in [6.07, 6.45) is 5.80. The van der Waals surface area contributed by atoms with E-state index in [9.17, 15) is 19.7 Å². The van der Waals surface area contributed by atoms with Gasteiger partial charge in [0.1, 0.15) is 5.03 Å². The standard InChI is InChI=1S/C21H24N4O5S/c26-19(22-14-7-9-15(10-8-14)25(28)29)13-31-20-17-5-1-2-6-18(17)24(21(27)23-20)12-16-4-3-11-30-16/h7-10,16H,1-6,11-13H2,(H,22,26). The van der Waals surface area contributed by atoms with Crippen LogP contribution in [-0.2, 0) is 28.9 Å². The summed E-state index contributed by atoms with van der Waals surface area (Å²) in [5.41, 5.74) is 2.26. The quantitative estimate of drug-likeness (QED) is 0.302. The first-order chi connectivity index (χ1) is 15.0. The Morgan fingerprint density at radius 1 is 1.26 bits per heavy atom. The molecule has 2 aromatic rings. The Balaban J connectivity index is 1.45. The molecule has 1 unspecified atom stereocenters. The predicted octanol–water partition coefficient (Wildman–Crippen LogP) is 2.94. The monoisotopic (exact) mass is 444 g/mol. The van der Waals surface area contributed by atoms with Crippen LogP contribution in [0.3, 0.4) is 0 Å². The number of nitrogens with one attached hydrogen (secondary N) is 1. The summed E-state index contributed by atoms with van der Waals surface area (Å²) in [4.78, 5) is 39.7. The number of thioether (sulfide) groups is 1. The van der Waals surface area contributed by atoms with Crippen LogP contribution in [0.4, 0.5) is 11.4 Å². The summed E-state index contributed by atoms with van der Waals surface area (Å²) >= 11 is 1.26. The molecule has 0 saturated carbocycles. The Kier molecular flexibility index (Phi) is 6.67. The van der Waals surface area contributed by atoms with Crippen LogP contribution in [0.5, 0.6) is 0 Å². The van der Waals surface area contributed by atoms with Crippen molar-refractivity contribution in [1.29, 1.82) is 0 Å². The minimum Gasteiger partial charge on any atom is -0.376 e. The lowest BCUT2D eigenvalue weighted by Gasteiger charge is -2.24. The number of aromatic nitrogens is 2.